The smallest absolute Gasteiger partial charge is 0.337 e. The Morgan fingerprint density at radius 1 is 1.16 bits per heavy atom. The molecule has 0 unspecified atom stereocenters. The summed E-state index contributed by atoms with van der Waals surface area (Å²) in [7, 11) is 0. The molecule has 1 N–H and O–H groups in total. The molecule has 0 radical (unpaired) electrons. The molecule has 3 aromatic rings. The van der Waals surface area contributed by atoms with Gasteiger partial charge in [-0.15, -0.1) is 5.10 Å². The number of para-hydroxylation sites is 2. The van der Waals surface area contributed by atoms with Gasteiger partial charge in [-0.1, -0.05) is 23.4 Å². The Labute approximate surface area is 122 Å². The van der Waals surface area contributed by atoms with Crippen molar-refractivity contribution < 1.29 is 9.90 Å². The van der Waals surface area contributed by atoms with E-state index in [2.05, 4.69) is 32.9 Å². The van der Waals surface area contributed by atoms with Gasteiger partial charge in [0.25, 0.3) is 0 Å². The van der Waals surface area contributed by atoms with E-state index in [9.17, 15) is 9.90 Å². The first-order valence-electron chi connectivity index (χ1n) is 5.51. The van der Waals surface area contributed by atoms with Crippen molar-refractivity contribution >= 4 is 39.6 Å². The number of carboxylic acid groups (broad SMARTS) is 1. The largest absolute Gasteiger partial charge is 0.478 e. The molecule has 3 rings (SSSR count). The molecule has 0 amide bonds. The van der Waals surface area contributed by atoms with Crippen LogP contribution in [0.2, 0.25) is 0 Å². The zero-order valence-corrected chi connectivity index (χ0v) is 11.8. The first kappa shape index (κ1) is 12.1. The van der Waals surface area contributed by atoms with Crippen molar-refractivity contribution in [3.63, 3.8) is 0 Å². The molecule has 0 spiro atoms. The van der Waals surface area contributed by atoms with E-state index in [-0.39, 0.29) is 5.56 Å². The van der Waals surface area contributed by atoms with Crippen molar-refractivity contribution in [2.75, 3.05) is 0 Å². The average Bonchev–Trinajstić information content (AvgIpc) is 2.82. The minimum Gasteiger partial charge on any atom is -0.478 e. The highest BCUT2D eigenvalue weighted by molar-refractivity contribution is 14.1. The second-order valence-corrected chi connectivity index (χ2v) is 5.09. The maximum atomic E-state index is 11.3. The van der Waals surface area contributed by atoms with Crippen LogP contribution in [0, 0.1) is 3.57 Å². The fourth-order valence-corrected chi connectivity index (χ4v) is 2.55. The summed E-state index contributed by atoms with van der Waals surface area (Å²) in [6.45, 7) is 0. The Bertz CT molecular complexity index is 782. The number of halogens is 1. The Morgan fingerprint density at radius 2 is 1.95 bits per heavy atom. The van der Waals surface area contributed by atoms with Crippen LogP contribution in [-0.4, -0.2) is 26.1 Å². The van der Waals surface area contributed by atoms with E-state index in [1.54, 1.807) is 22.9 Å². The first-order valence-corrected chi connectivity index (χ1v) is 6.59. The van der Waals surface area contributed by atoms with Crippen LogP contribution >= 0.6 is 22.6 Å². The highest BCUT2D eigenvalue weighted by Crippen LogP contribution is 2.23. The molecule has 0 aliphatic rings. The van der Waals surface area contributed by atoms with Crippen molar-refractivity contribution in [1.82, 2.24) is 15.0 Å². The van der Waals surface area contributed by atoms with Gasteiger partial charge in [0.05, 0.1) is 11.3 Å². The van der Waals surface area contributed by atoms with Crippen LogP contribution in [-0.2, 0) is 0 Å². The number of hydrogen-bond acceptors (Lipinski definition) is 3. The maximum Gasteiger partial charge on any atom is 0.337 e. The highest BCUT2D eigenvalue weighted by atomic mass is 127. The topological polar surface area (TPSA) is 68.0 Å². The third kappa shape index (κ3) is 1.97. The van der Waals surface area contributed by atoms with Gasteiger partial charge in [0.1, 0.15) is 11.0 Å². The summed E-state index contributed by atoms with van der Waals surface area (Å²) in [5.41, 5.74) is 2.10. The van der Waals surface area contributed by atoms with E-state index in [0.29, 0.717) is 11.0 Å². The molecule has 0 saturated heterocycles. The maximum absolute atomic E-state index is 11.3. The fourth-order valence-electron chi connectivity index (χ4n) is 1.94. The zero-order chi connectivity index (χ0) is 13.4. The molecular formula is C13H8IN3O2. The molecule has 0 bridgehead atoms. The van der Waals surface area contributed by atoms with E-state index in [1.807, 2.05) is 24.3 Å². The number of aromatic carboxylic acids is 1. The second-order valence-electron chi connectivity index (χ2n) is 3.93. The van der Waals surface area contributed by atoms with Gasteiger partial charge in [0, 0.05) is 3.57 Å². The molecule has 19 heavy (non-hydrogen) atoms. The molecular weight excluding hydrogens is 357 g/mol. The van der Waals surface area contributed by atoms with Crippen LogP contribution in [0.3, 0.4) is 0 Å². The monoisotopic (exact) mass is 365 g/mol. The molecule has 6 heteroatoms. The average molecular weight is 365 g/mol. The second kappa shape index (κ2) is 4.61. The normalized spacial score (nSPS) is 10.8. The van der Waals surface area contributed by atoms with Crippen LogP contribution in [0.1, 0.15) is 10.4 Å². The van der Waals surface area contributed by atoms with Gasteiger partial charge in [0.15, 0.2) is 0 Å². The van der Waals surface area contributed by atoms with E-state index < -0.39 is 5.97 Å². The van der Waals surface area contributed by atoms with E-state index in [4.69, 9.17) is 0 Å². The number of benzene rings is 2. The summed E-state index contributed by atoms with van der Waals surface area (Å²) in [4.78, 5) is 11.3. The third-order valence-electron chi connectivity index (χ3n) is 2.78. The molecule has 0 saturated carbocycles. The third-order valence-corrected chi connectivity index (χ3v) is 3.69. The number of fused-ring (bicyclic) bond motifs is 1. The first-order chi connectivity index (χ1) is 9.18. The standard InChI is InChI=1S/C13H8IN3O2/c14-9-5-1-2-7-11(9)17-12-8(13(18)19)4-3-6-10(12)15-16-17/h1-7H,(H,18,19). The van der Waals surface area contributed by atoms with Gasteiger partial charge < -0.3 is 5.11 Å². The number of nitrogens with zero attached hydrogens (tertiary/aromatic N) is 3. The molecule has 0 aliphatic carbocycles. The van der Waals surface area contributed by atoms with Crippen LogP contribution in [0.25, 0.3) is 16.7 Å². The predicted molar refractivity (Wildman–Crippen MR) is 78.5 cm³/mol. The lowest BCUT2D eigenvalue weighted by atomic mass is 10.2. The Morgan fingerprint density at radius 3 is 2.68 bits per heavy atom. The summed E-state index contributed by atoms with van der Waals surface area (Å²) in [6, 6.07) is 12.6. The predicted octanol–water partition coefficient (Wildman–Crippen LogP) is 2.72. The van der Waals surface area contributed by atoms with Crippen molar-refractivity contribution in [1.29, 1.82) is 0 Å². The summed E-state index contributed by atoms with van der Waals surface area (Å²) in [5.74, 6) is -0.986. The van der Waals surface area contributed by atoms with Crippen LogP contribution in [0.5, 0.6) is 0 Å². The molecule has 1 heterocycles. The van der Waals surface area contributed by atoms with Crippen molar-refractivity contribution in [3.05, 3.63) is 51.6 Å². The Kier molecular flexibility index (Phi) is 2.94. The summed E-state index contributed by atoms with van der Waals surface area (Å²) in [6.07, 6.45) is 0. The quantitative estimate of drug-likeness (QED) is 0.710. The molecule has 94 valence electrons. The number of rotatable bonds is 2. The zero-order valence-electron chi connectivity index (χ0n) is 9.62. The van der Waals surface area contributed by atoms with Crippen LogP contribution < -0.4 is 0 Å². The molecule has 0 fully saturated rings. The van der Waals surface area contributed by atoms with Gasteiger partial charge in [-0.2, -0.15) is 0 Å². The summed E-state index contributed by atoms with van der Waals surface area (Å²) < 4.78 is 2.55. The molecule has 5 nitrogen and oxygen atoms in total. The van der Waals surface area contributed by atoms with Crippen molar-refractivity contribution in [2.24, 2.45) is 0 Å². The van der Waals surface area contributed by atoms with Gasteiger partial charge in [-0.25, -0.2) is 9.48 Å². The number of aromatic nitrogens is 3. The van der Waals surface area contributed by atoms with Crippen LogP contribution in [0.15, 0.2) is 42.5 Å². The lowest BCUT2D eigenvalue weighted by molar-refractivity contribution is 0.0698. The van der Waals surface area contributed by atoms with Gasteiger partial charge in [-0.05, 0) is 46.9 Å². The van der Waals surface area contributed by atoms with Gasteiger partial charge >= 0.3 is 5.97 Å². The number of carboxylic acids is 1. The fraction of sp³-hybridized carbons (Fsp3) is 0. The van der Waals surface area contributed by atoms with Gasteiger partial charge in [-0.3, -0.25) is 0 Å². The minimum absolute atomic E-state index is 0.196. The lowest BCUT2D eigenvalue weighted by Gasteiger charge is -2.06. The number of hydrogen-bond donors (Lipinski definition) is 1. The summed E-state index contributed by atoms with van der Waals surface area (Å²) in [5, 5.41) is 17.4. The Balaban J connectivity index is 2.37. The molecule has 2 aromatic carbocycles. The van der Waals surface area contributed by atoms with Crippen molar-refractivity contribution in [3.8, 4) is 5.69 Å². The number of carbonyl (C=O) groups is 1. The van der Waals surface area contributed by atoms with Crippen molar-refractivity contribution in [2.45, 2.75) is 0 Å². The SMILES string of the molecule is O=C(O)c1cccc2nnn(-c3ccccc3I)c12. The molecule has 0 aliphatic heterocycles. The van der Waals surface area contributed by atoms with Crippen LogP contribution in [0.4, 0.5) is 0 Å². The highest BCUT2D eigenvalue weighted by Gasteiger charge is 2.16. The summed E-state index contributed by atoms with van der Waals surface area (Å²) >= 11 is 2.19. The Hall–Kier alpha value is -1.96. The minimum atomic E-state index is -0.986. The molecule has 0 atom stereocenters. The van der Waals surface area contributed by atoms with E-state index in [1.165, 1.54) is 0 Å². The lowest BCUT2D eigenvalue weighted by Crippen LogP contribution is -2.04. The van der Waals surface area contributed by atoms with E-state index >= 15 is 0 Å². The van der Waals surface area contributed by atoms with Gasteiger partial charge in [0.2, 0.25) is 0 Å². The van der Waals surface area contributed by atoms with E-state index in [0.717, 1.165) is 9.26 Å². The molecule has 1 aromatic heterocycles.